The quantitative estimate of drug-likeness (QED) is 0.675. The molecule has 2 aromatic carbocycles. The highest BCUT2D eigenvalue weighted by Gasteiger charge is 2.16. The molecule has 3 aromatic rings. The van der Waals surface area contributed by atoms with Gasteiger partial charge in [0.25, 0.3) is 0 Å². The van der Waals surface area contributed by atoms with Crippen molar-refractivity contribution in [2.75, 3.05) is 7.11 Å². The van der Waals surface area contributed by atoms with Gasteiger partial charge in [0, 0.05) is 11.6 Å². The molecule has 1 aromatic heterocycles. The lowest BCUT2D eigenvalue weighted by molar-refractivity contribution is 0.386. The molecule has 118 valence electrons. The number of aromatic nitrogens is 3. The minimum Gasteiger partial charge on any atom is -0.494 e. The third-order valence-electron chi connectivity index (χ3n) is 3.57. The zero-order chi connectivity index (χ0) is 16.4. The van der Waals surface area contributed by atoms with E-state index in [1.54, 1.807) is 16.8 Å². The Bertz CT molecular complexity index is 830. The van der Waals surface area contributed by atoms with E-state index in [0.29, 0.717) is 11.4 Å². The highest BCUT2D eigenvalue weighted by Crippen LogP contribution is 2.28. The summed E-state index contributed by atoms with van der Waals surface area (Å²) in [6, 6.07) is 12.6. The van der Waals surface area contributed by atoms with E-state index >= 15 is 0 Å². The van der Waals surface area contributed by atoms with E-state index < -0.39 is 5.82 Å². The lowest BCUT2D eigenvalue weighted by atomic mass is 10.1. The maximum atomic E-state index is 14.0. The van der Waals surface area contributed by atoms with E-state index in [-0.39, 0.29) is 11.6 Å². The summed E-state index contributed by atoms with van der Waals surface area (Å²) < 4.78 is 20.5. The van der Waals surface area contributed by atoms with Gasteiger partial charge in [-0.15, -0.1) is 16.7 Å². The topological polar surface area (TPSA) is 39.9 Å². The van der Waals surface area contributed by atoms with Gasteiger partial charge in [0.2, 0.25) is 0 Å². The second-order valence-corrected chi connectivity index (χ2v) is 5.38. The van der Waals surface area contributed by atoms with Crippen LogP contribution in [0, 0.1) is 12.7 Å². The van der Waals surface area contributed by atoms with Gasteiger partial charge in [-0.3, -0.25) is 0 Å². The molecule has 23 heavy (non-hydrogen) atoms. The van der Waals surface area contributed by atoms with Crippen LogP contribution in [0.25, 0.3) is 16.9 Å². The van der Waals surface area contributed by atoms with Gasteiger partial charge in [-0.2, -0.15) is 0 Å². The first-order valence-electron chi connectivity index (χ1n) is 7.05. The Morgan fingerprint density at radius 2 is 1.91 bits per heavy atom. The van der Waals surface area contributed by atoms with Crippen LogP contribution in [0.1, 0.15) is 11.3 Å². The first-order chi connectivity index (χ1) is 11.1. The monoisotopic (exact) mass is 331 g/mol. The normalized spacial score (nSPS) is 10.8. The molecule has 0 amide bonds. The first-order valence-corrected chi connectivity index (χ1v) is 7.59. The first kappa shape index (κ1) is 15.5. The molecule has 0 fully saturated rings. The van der Waals surface area contributed by atoms with Gasteiger partial charge in [-0.25, -0.2) is 9.07 Å². The van der Waals surface area contributed by atoms with Crippen molar-refractivity contribution >= 4 is 11.6 Å². The molecular formula is C17H15ClFN3O. The summed E-state index contributed by atoms with van der Waals surface area (Å²) in [5.74, 6) is -0.0481. The number of nitrogens with zero attached hydrogens (tertiary/aromatic N) is 3. The van der Waals surface area contributed by atoms with Crippen LogP contribution in [0.4, 0.5) is 4.39 Å². The Morgan fingerprint density at radius 3 is 2.52 bits per heavy atom. The molecule has 6 heteroatoms. The van der Waals surface area contributed by atoms with E-state index in [1.807, 2.05) is 31.2 Å². The van der Waals surface area contributed by atoms with Crippen LogP contribution in [0.2, 0.25) is 0 Å². The Kier molecular flexibility index (Phi) is 4.30. The number of hydrogen-bond acceptors (Lipinski definition) is 3. The van der Waals surface area contributed by atoms with Crippen LogP contribution < -0.4 is 4.74 Å². The molecule has 3 rings (SSSR count). The summed E-state index contributed by atoms with van der Waals surface area (Å²) in [4.78, 5) is 0. The highest BCUT2D eigenvalue weighted by atomic mass is 35.5. The fourth-order valence-corrected chi connectivity index (χ4v) is 2.55. The molecule has 1 heterocycles. The van der Waals surface area contributed by atoms with Crippen LogP contribution in [-0.4, -0.2) is 22.1 Å². The fraction of sp³-hybridized carbons (Fsp3) is 0.176. The molecule has 0 aliphatic rings. The molecule has 0 saturated heterocycles. The van der Waals surface area contributed by atoms with E-state index in [9.17, 15) is 4.39 Å². The van der Waals surface area contributed by atoms with Gasteiger partial charge in [-0.05, 0) is 19.1 Å². The standard InChI is InChI=1S/C17H15ClFN3O/c1-11-3-5-12(6-4-11)17-15(10-18)20-21-22(17)13-7-8-16(23-2)14(19)9-13/h3-9H,10H2,1-2H3. The molecule has 0 aliphatic carbocycles. The van der Waals surface area contributed by atoms with Crippen LogP contribution >= 0.6 is 11.6 Å². The number of hydrogen-bond donors (Lipinski definition) is 0. The van der Waals surface area contributed by atoms with Crippen molar-refractivity contribution in [1.29, 1.82) is 0 Å². The fourth-order valence-electron chi connectivity index (χ4n) is 2.37. The van der Waals surface area contributed by atoms with E-state index in [4.69, 9.17) is 16.3 Å². The summed E-state index contributed by atoms with van der Waals surface area (Å²) in [5, 5.41) is 8.24. The summed E-state index contributed by atoms with van der Waals surface area (Å²) in [5.41, 5.74) is 4.03. The van der Waals surface area contributed by atoms with Crippen molar-refractivity contribution in [1.82, 2.24) is 15.0 Å². The van der Waals surface area contributed by atoms with Crippen molar-refractivity contribution in [3.05, 3.63) is 59.5 Å². The SMILES string of the molecule is COc1ccc(-n2nnc(CCl)c2-c2ccc(C)cc2)cc1F. The smallest absolute Gasteiger partial charge is 0.167 e. The van der Waals surface area contributed by atoms with E-state index in [2.05, 4.69) is 10.3 Å². The number of aryl methyl sites for hydroxylation is 1. The average molecular weight is 332 g/mol. The summed E-state index contributed by atoms with van der Waals surface area (Å²) >= 11 is 5.98. The summed E-state index contributed by atoms with van der Waals surface area (Å²) in [7, 11) is 1.43. The zero-order valence-electron chi connectivity index (χ0n) is 12.8. The lowest BCUT2D eigenvalue weighted by Crippen LogP contribution is -2.01. The number of methoxy groups -OCH3 is 1. The number of rotatable bonds is 4. The van der Waals surface area contributed by atoms with Crippen LogP contribution in [-0.2, 0) is 5.88 Å². The van der Waals surface area contributed by atoms with Crippen molar-refractivity contribution in [2.24, 2.45) is 0 Å². The lowest BCUT2D eigenvalue weighted by Gasteiger charge is -2.09. The Labute approximate surface area is 138 Å². The van der Waals surface area contributed by atoms with Crippen LogP contribution in [0.3, 0.4) is 0 Å². The summed E-state index contributed by atoms with van der Waals surface area (Å²) in [6.45, 7) is 2.01. The summed E-state index contributed by atoms with van der Waals surface area (Å²) in [6.07, 6.45) is 0. The van der Waals surface area contributed by atoms with Gasteiger partial charge >= 0.3 is 0 Å². The molecule has 0 saturated carbocycles. The van der Waals surface area contributed by atoms with E-state index in [1.165, 1.54) is 13.2 Å². The van der Waals surface area contributed by atoms with Crippen molar-refractivity contribution < 1.29 is 9.13 Å². The van der Waals surface area contributed by atoms with Crippen LogP contribution in [0.15, 0.2) is 42.5 Å². The second kappa shape index (κ2) is 6.38. The van der Waals surface area contributed by atoms with Gasteiger partial charge in [0.1, 0.15) is 5.69 Å². The average Bonchev–Trinajstić information content (AvgIpc) is 2.99. The predicted molar refractivity (Wildman–Crippen MR) is 87.6 cm³/mol. The molecule has 0 unspecified atom stereocenters. The van der Waals surface area contributed by atoms with E-state index in [0.717, 1.165) is 16.8 Å². The van der Waals surface area contributed by atoms with Crippen molar-refractivity contribution in [3.8, 4) is 22.7 Å². The third-order valence-corrected chi connectivity index (χ3v) is 3.82. The molecule has 4 nitrogen and oxygen atoms in total. The minimum atomic E-state index is -0.456. The number of ether oxygens (including phenoxy) is 1. The van der Waals surface area contributed by atoms with Gasteiger partial charge in [0.15, 0.2) is 11.6 Å². The number of benzene rings is 2. The molecule has 0 atom stereocenters. The minimum absolute atomic E-state index is 0.184. The predicted octanol–water partition coefficient (Wildman–Crippen LogP) is 4.13. The molecule has 0 bridgehead atoms. The number of halogens is 2. The maximum absolute atomic E-state index is 14.0. The van der Waals surface area contributed by atoms with Gasteiger partial charge in [0.05, 0.1) is 24.4 Å². The molecule has 0 radical (unpaired) electrons. The van der Waals surface area contributed by atoms with Crippen molar-refractivity contribution in [2.45, 2.75) is 12.8 Å². The van der Waals surface area contributed by atoms with Crippen LogP contribution in [0.5, 0.6) is 5.75 Å². The van der Waals surface area contributed by atoms with Crippen molar-refractivity contribution in [3.63, 3.8) is 0 Å². The Balaban J connectivity index is 2.15. The molecular weight excluding hydrogens is 317 g/mol. The Morgan fingerprint density at radius 1 is 1.17 bits per heavy atom. The number of alkyl halides is 1. The highest BCUT2D eigenvalue weighted by molar-refractivity contribution is 6.17. The Hall–Kier alpha value is -2.40. The maximum Gasteiger partial charge on any atom is 0.167 e. The second-order valence-electron chi connectivity index (χ2n) is 5.12. The zero-order valence-corrected chi connectivity index (χ0v) is 13.5. The molecule has 0 aliphatic heterocycles. The largest absolute Gasteiger partial charge is 0.494 e. The van der Waals surface area contributed by atoms with Gasteiger partial charge in [-0.1, -0.05) is 35.0 Å². The molecule has 0 N–H and O–H groups in total. The third kappa shape index (κ3) is 2.92. The van der Waals surface area contributed by atoms with Gasteiger partial charge < -0.3 is 4.74 Å². The molecule has 0 spiro atoms.